The summed E-state index contributed by atoms with van der Waals surface area (Å²) in [5.41, 5.74) is -0.445. The molecule has 0 radical (unpaired) electrons. The number of rotatable bonds is 4. The van der Waals surface area contributed by atoms with E-state index in [0.29, 0.717) is 18.4 Å². The maximum Gasteiger partial charge on any atom is 0.420 e. The summed E-state index contributed by atoms with van der Waals surface area (Å²) in [5.74, 6) is -0.392. The van der Waals surface area contributed by atoms with Gasteiger partial charge in [0, 0.05) is 9.64 Å². The van der Waals surface area contributed by atoms with E-state index in [2.05, 4.69) is 0 Å². The van der Waals surface area contributed by atoms with Gasteiger partial charge in [-0.05, 0) is 48.2 Å². The minimum Gasteiger partial charge on any atom is -0.207 e. The van der Waals surface area contributed by atoms with Crippen molar-refractivity contribution in [1.82, 2.24) is 0 Å². The quantitative estimate of drug-likeness (QED) is 0.288. The van der Waals surface area contributed by atoms with Crippen molar-refractivity contribution in [2.75, 3.05) is 0 Å². The van der Waals surface area contributed by atoms with Gasteiger partial charge in [-0.25, -0.2) is 4.39 Å². The Morgan fingerprint density at radius 3 is 1.55 bits per heavy atom. The second-order valence-electron chi connectivity index (χ2n) is 6.99. The summed E-state index contributed by atoms with van der Waals surface area (Å²) in [6, 6.07) is 9.99. The van der Waals surface area contributed by atoms with E-state index in [1.807, 2.05) is 27.7 Å². The van der Waals surface area contributed by atoms with E-state index in [4.69, 9.17) is 11.6 Å². The number of thioether (sulfide) groups is 1. The molecule has 9 heteroatoms. The van der Waals surface area contributed by atoms with Gasteiger partial charge in [0.15, 0.2) is 0 Å². The number of halogens is 8. The van der Waals surface area contributed by atoms with Crippen LogP contribution in [-0.4, -0.2) is 12.4 Å². The van der Waals surface area contributed by atoms with Gasteiger partial charge in [-0.2, -0.15) is 26.3 Å². The van der Waals surface area contributed by atoms with E-state index >= 15 is 0 Å². The van der Waals surface area contributed by atoms with Crippen molar-refractivity contribution in [1.29, 1.82) is 0 Å². The molecule has 33 heavy (non-hydrogen) atoms. The maximum atomic E-state index is 13.2. The predicted octanol–water partition coefficient (Wildman–Crippen LogP) is 10.00. The summed E-state index contributed by atoms with van der Waals surface area (Å²) in [4.78, 5) is -3.69. The summed E-state index contributed by atoms with van der Waals surface area (Å²) in [7, 11) is 0. The maximum absolute atomic E-state index is 13.2. The molecule has 2 aromatic carbocycles. The van der Waals surface area contributed by atoms with E-state index < -0.39 is 33.4 Å². The zero-order chi connectivity index (χ0) is 25.5. The van der Waals surface area contributed by atoms with Crippen molar-refractivity contribution in [2.45, 2.75) is 80.2 Å². The molecule has 0 saturated heterocycles. The third kappa shape index (κ3) is 6.38. The zero-order valence-electron chi connectivity index (χ0n) is 18.9. The van der Waals surface area contributed by atoms with Gasteiger partial charge in [0.05, 0.1) is 0 Å². The topological polar surface area (TPSA) is 0 Å². The molecule has 0 amide bonds. The van der Waals surface area contributed by atoms with Gasteiger partial charge >= 0.3 is 12.4 Å². The normalized spacial score (nSPS) is 15.8. The lowest BCUT2D eigenvalue weighted by Gasteiger charge is -2.33. The second-order valence-corrected chi connectivity index (χ2v) is 9.01. The van der Waals surface area contributed by atoms with E-state index in [0.717, 1.165) is 29.9 Å². The highest BCUT2D eigenvalue weighted by atomic mass is 35.5. The first-order chi connectivity index (χ1) is 15.4. The van der Waals surface area contributed by atoms with Gasteiger partial charge in [-0.1, -0.05) is 76.4 Å². The molecule has 0 atom stereocenters. The fraction of sp³-hybridized carbons (Fsp3) is 0.500. The Kier molecular flexibility index (Phi) is 10.6. The zero-order valence-corrected chi connectivity index (χ0v) is 20.5. The Labute approximate surface area is 199 Å². The SMILES string of the molecule is CC.CC.Fc1ccc(SC2(c3ccc(C(Cl)(C(F)(F)F)C(F)(F)F)cc3)CCCC2)cc1. The molecule has 186 valence electrons. The second kappa shape index (κ2) is 11.8. The Morgan fingerprint density at radius 2 is 1.15 bits per heavy atom. The highest BCUT2D eigenvalue weighted by Crippen LogP contribution is 2.56. The number of hydrogen-bond acceptors (Lipinski definition) is 1. The van der Waals surface area contributed by atoms with Crippen molar-refractivity contribution >= 4 is 23.4 Å². The van der Waals surface area contributed by atoms with Gasteiger partial charge < -0.3 is 0 Å². The molecule has 0 spiro atoms. The molecule has 1 aliphatic carbocycles. The molecule has 1 aliphatic rings. The molecule has 0 aliphatic heterocycles. The highest BCUT2D eigenvalue weighted by Gasteiger charge is 2.71. The Hall–Kier alpha value is -1.41. The average Bonchev–Trinajstić information content (AvgIpc) is 3.26. The number of hydrogen-bond donors (Lipinski definition) is 0. The van der Waals surface area contributed by atoms with Crippen LogP contribution in [0.2, 0.25) is 0 Å². The highest BCUT2D eigenvalue weighted by molar-refractivity contribution is 8.00. The van der Waals surface area contributed by atoms with Crippen molar-refractivity contribution in [3.05, 3.63) is 65.5 Å². The molecule has 0 nitrogen and oxygen atoms in total. The molecular weight excluding hydrogens is 489 g/mol. The molecule has 0 bridgehead atoms. The third-order valence-corrected chi connectivity index (χ3v) is 7.32. The fourth-order valence-corrected chi connectivity index (χ4v) is 5.21. The van der Waals surface area contributed by atoms with E-state index in [-0.39, 0.29) is 0 Å². The van der Waals surface area contributed by atoms with Crippen LogP contribution in [0.5, 0.6) is 0 Å². The first-order valence-corrected chi connectivity index (χ1v) is 12.0. The smallest absolute Gasteiger partial charge is 0.207 e. The summed E-state index contributed by atoms with van der Waals surface area (Å²) in [6.45, 7) is 8.00. The summed E-state index contributed by atoms with van der Waals surface area (Å²) < 4.78 is 91.8. The first-order valence-electron chi connectivity index (χ1n) is 10.8. The standard InChI is InChI=1S/C20H16ClF7S.2C2H6/c21-18(19(23,24)25,20(26,27)28)14-5-3-13(4-6-14)17(11-1-2-12-17)29-16-9-7-15(22)8-10-16;2*1-2/h3-10H,1-2,11-12H2;2*1-2H3. The van der Waals surface area contributed by atoms with Crippen LogP contribution in [0.3, 0.4) is 0 Å². The van der Waals surface area contributed by atoms with Crippen LogP contribution in [0.4, 0.5) is 30.7 Å². The molecule has 0 heterocycles. The van der Waals surface area contributed by atoms with Crippen LogP contribution in [0.15, 0.2) is 53.4 Å². The first kappa shape index (κ1) is 29.6. The monoisotopic (exact) mass is 516 g/mol. The van der Waals surface area contributed by atoms with E-state index in [9.17, 15) is 30.7 Å². The van der Waals surface area contributed by atoms with Crippen LogP contribution in [-0.2, 0) is 9.62 Å². The lowest BCUT2D eigenvalue weighted by atomic mass is 9.91. The van der Waals surface area contributed by atoms with Crippen LogP contribution in [0.25, 0.3) is 0 Å². The van der Waals surface area contributed by atoms with E-state index in [1.54, 1.807) is 12.1 Å². The Morgan fingerprint density at radius 1 is 0.727 bits per heavy atom. The minimum atomic E-state index is -5.71. The summed E-state index contributed by atoms with van der Waals surface area (Å²) in [5, 5.41) is 0. The van der Waals surface area contributed by atoms with Crippen molar-refractivity contribution < 1.29 is 30.7 Å². The molecule has 0 unspecified atom stereocenters. The molecule has 2 aromatic rings. The predicted molar refractivity (Wildman–Crippen MR) is 121 cm³/mol. The van der Waals surface area contributed by atoms with Crippen LogP contribution >= 0.6 is 23.4 Å². The van der Waals surface area contributed by atoms with Crippen molar-refractivity contribution in [3.63, 3.8) is 0 Å². The molecular formula is C24H28ClF7S. The lowest BCUT2D eigenvalue weighted by molar-refractivity contribution is -0.272. The summed E-state index contributed by atoms with van der Waals surface area (Å²) >= 11 is 6.56. The van der Waals surface area contributed by atoms with Crippen LogP contribution < -0.4 is 0 Å². The number of benzene rings is 2. The summed E-state index contributed by atoms with van der Waals surface area (Å²) in [6.07, 6.45) is -8.25. The molecule has 3 rings (SSSR count). The van der Waals surface area contributed by atoms with Gasteiger partial charge in [0.2, 0.25) is 0 Å². The number of alkyl halides is 7. The van der Waals surface area contributed by atoms with Crippen LogP contribution in [0, 0.1) is 5.82 Å². The van der Waals surface area contributed by atoms with Gasteiger partial charge in [-0.3, -0.25) is 0 Å². The minimum absolute atomic E-state index is 0.392. The lowest BCUT2D eigenvalue weighted by Crippen LogP contribution is -2.49. The van der Waals surface area contributed by atoms with Gasteiger partial charge in [0.25, 0.3) is 4.87 Å². The fourth-order valence-electron chi connectivity index (χ4n) is 3.62. The van der Waals surface area contributed by atoms with Gasteiger partial charge in [0.1, 0.15) is 5.82 Å². The molecule has 1 fully saturated rings. The van der Waals surface area contributed by atoms with E-state index in [1.165, 1.54) is 36.0 Å². The van der Waals surface area contributed by atoms with Crippen molar-refractivity contribution in [2.24, 2.45) is 0 Å². The average molecular weight is 517 g/mol. The Balaban J connectivity index is 0.00000129. The molecule has 0 N–H and O–H groups in total. The third-order valence-electron chi connectivity index (χ3n) is 5.13. The largest absolute Gasteiger partial charge is 0.420 e. The van der Waals surface area contributed by atoms with Crippen LogP contribution in [0.1, 0.15) is 64.5 Å². The van der Waals surface area contributed by atoms with Gasteiger partial charge in [-0.15, -0.1) is 11.8 Å². The molecule has 1 saturated carbocycles. The van der Waals surface area contributed by atoms with Crippen molar-refractivity contribution in [3.8, 4) is 0 Å². The Bertz CT molecular complexity index is 823. The molecule has 0 aromatic heterocycles.